The summed E-state index contributed by atoms with van der Waals surface area (Å²) in [5.74, 6) is -0.290. The van der Waals surface area contributed by atoms with Gasteiger partial charge in [0.25, 0.3) is 0 Å². The number of carbonyl (C=O) groups is 1. The topological polar surface area (TPSA) is 91.2 Å². The molecule has 1 amide bonds. The van der Waals surface area contributed by atoms with Crippen LogP contribution in [0.3, 0.4) is 0 Å². The maximum absolute atomic E-state index is 11.7. The quantitative estimate of drug-likeness (QED) is 0.177. The Bertz CT molecular complexity index is 338. The molecule has 1 atom stereocenters. The lowest BCUT2D eigenvalue weighted by Crippen LogP contribution is -2.44. The van der Waals surface area contributed by atoms with E-state index in [2.05, 4.69) is 23.1 Å². The van der Waals surface area contributed by atoms with Crippen molar-refractivity contribution in [2.75, 3.05) is 26.4 Å². The van der Waals surface area contributed by atoms with Crippen LogP contribution in [0.25, 0.3) is 0 Å². The molecule has 0 aromatic heterocycles. The van der Waals surface area contributed by atoms with E-state index in [1.165, 1.54) is 0 Å². The van der Waals surface area contributed by atoms with Gasteiger partial charge in [-0.25, -0.2) is 0 Å². The van der Waals surface area contributed by atoms with Gasteiger partial charge in [0.05, 0.1) is 25.5 Å². The molecule has 118 valence electrons. The Morgan fingerprint density at radius 1 is 1.35 bits per heavy atom. The normalized spacial score (nSPS) is 15.8. The van der Waals surface area contributed by atoms with Gasteiger partial charge < -0.3 is 20.4 Å². The van der Waals surface area contributed by atoms with Crippen molar-refractivity contribution in [3.05, 3.63) is 0 Å². The van der Waals surface area contributed by atoms with Crippen LogP contribution in [0.2, 0.25) is 0 Å². The molecule has 7 heteroatoms. The molecule has 3 N–H and O–H groups in total. The van der Waals surface area contributed by atoms with Crippen LogP contribution in [0.4, 0.5) is 0 Å². The molecule has 0 rings (SSSR count). The molecule has 0 aromatic rings. The van der Waals surface area contributed by atoms with Crippen molar-refractivity contribution in [1.82, 2.24) is 5.32 Å². The summed E-state index contributed by atoms with van der Waals surface area (Å²) in [5, 5.41) is 23.4. The molecular formula is C13H26N2O4S. The lowest BCUT2D eigenvalue weighted by Gasteiger charge is -2.23. The average Bonchev–Trinajstić information content (AvgIpc) is 2.34. The Morgan fingerprint density at radius 3 is 2.40 bits per heavy atom. The number of hydrogen-bond acceptors (Lipinski definition) is 6. The van der Waals surface area contributed by atoms with Gasteiger partial charge in [-0.2, -0.15) is 12.6 Å². The Labute approximate surface area is 126 Å². The Balaban J connectivity index is 4.14. The van der Waals surface area contributed by atoms with Gasteiger partial charge in [-0.05, 0) is 6.92 Å². The molecule has 0 aliphatic rings. The van der Waals surface area contributed by atoms with Gasteiger partial charge in [-0.1, -0.05) is 25.9 Å². The highest BCUT2D eigenvalue weighted by molar-refractivity contribution is 7.82. The monoisotopic (exact) mass is 306 g/mol. The Morgan fingerprint density at radius 2 is 1.95 bits per heavy atom. The van der Waals surface area contributed by atoms with E-state index in [-0.39, 0.29) is 31.1 Å². The van der Waals surface area contributed by atoms with Gasteiger partial charge in [-0.15, -0.1) is 0 Å². The molecule has 0 saturated carbocycles. The van der Waals surface area contributed by atoms with E-state index in [0.29, 0.717) is 18.7 Å². The number of nitrogens with zero attached hydrogens (tertiary/aromatic N) is 1. The first-order valence-electron chi connectivity index (χ1n) is 6.56. The summed E-state index contributed by atoms with van der Waals surface area (Å²) in [7, 11) is 0. The summed E-state index contributed by atoms with van der Waals surface area (Å²) in [6, 6.07) is 0. The van der Waals surface area contributed by atoms with Crippen LogP contribution in [-0.2, 0) is 9.53 Å². The van der Waals surface area contributed by atoms with Crippen molar-refractivity contribution in [2.24, 2.45) is 10.6 Å². The molecule has 0 bridgehead atoms. The second-order valence-corrected chi connectivity index (χ2v) is 6.84. The second-order valence-electron chi connectivity index (χ2n) is 5.85. The van der Waals surface area contributed by atoms with Gasteiger partial charge in [-0.3, -0.25) is 4.79 Å². The molecular weight excluding hydrogens is 280 g/mol. The van der Waals surface area contributed by atoms with E-state index in [4.69, 9.17) is 15.1 Å². The summed E-state index contributed by atoms with van der Waals surface area (Å²) in [6.45, 7) is 8.07. The predicted molar refractivity (Wildman–Crippen MR) is 81.6 cm³/mol. The molecule has 0 heterocycles. The standard InChI is InChI=1S/C13H26N2O4S/c1-12(2,3)10(15-18)5-8-19-9-13(4,20)11(17)14-6-7-16/h16,18,20H,5-9H2,1-4H3,(H,14,17)/b15-10+. The zero-order chi connectivity index (χ0) is 15.8. The Hall–Kier alpha value is -0.790. The molecule has 0 spiro atoms. The summed E-state index contributed by atoms with van der Waals surface area (Å²) in [5.41, 5.74) is 0.420. The molecule has 0 radical (unpaired) electrons. The van der Waals surface area contributed by atoms with Crippen LogP contribution < -0.4 is 5.32 Å². The van der Waals surface area contributed by atoms with E-state index in [9.17, 15) is 4.79 Å². The molecule has 0 saturated heterocycles. The first-order valence-corrected chi connectivity index (χ1v) is 7.00. The van der Waals surface area contributed by atoms with Crippen molar-refractivity contribution >= 4 is 24.2 Å². The molecule has 20 heavy (non-hydrogen) atoms. The summed E-state index contributed by atoms with van der Waals surface area (Å²) >= 11 is 4.26. The maximum Gasteiger partial charge on any atom is 0.238 e. The van der Waals surface area contributed by atoms with Crippen LogP contribution in [0.1, 0.15) is 34.1 Å². The highest BCUT2D eigenvalue weighted by atomic mass is 32.1. The lowest BCUT2D eigenvalue weighted by molar-refractivity contribution is -0.124. The van der Waals surface area contributed by atoms with E-state index in [1.807, 2.05) is 20.8 Å². The zero-order valence-electron chi connectivity index (χ0n) is 12.6. The van der Waals surface area contributed by atoms with Gasteiger partial charge in [0.15, 0.2) is 0 Å². The highest BCUT2D eigenvalue weighted by Gasteiger charge is 2.29. The number of nitrogens with one attached hydrogen (secondary N) is 1. The van der Waals surface area contributed by atoms with Gasteiger partial charge in [0.2, 0.25) is 5.91 Å². The van der Waals surface area contributed by atoms with E-state index in [1.54, 1.807) is 6.92 Å². The molecule has 0 fully saturated rings. The second kappa shape index (κ2) is 8.49. The van der Waals surface area contributed by atoms with Crippen LogP contribution in [0, 0.1) is 5.41 Å². The highest BCUT2D eigenvalue weighted by Crippen LogP contribution is 2.19. The summed E-state index contributed by atoms with van der Waals surface area (Å²) in [6.07, 6.45) is 0.488. The van der Waals surface area contributed by atoms with Crippen LogP contribution in [0.5, 0.6) is 0 Å². The third-order valence-electron chi connectivity index (χ3n) is 2.74. The molecule has 6 nitrogen and oxygen atoms in total. The van der Waals surface area contributed by atoms with Crippen LogP contribution in [0.15, 0.2) is 5.16 Å². The predicted octanol–water partition coefficient (Wildman–Crippen LogP) is 1.07. The number of amides is 1. The molecule has 0 aliphatic heterocycles. The third-order valence-corrected chi connectivity index (χ3v) is 3.07. The number of carbonyl (C=O) groups excluding carboxylic acids is 1. The lowest BCUT2D eigenvalue weighted by atomic mass is 9.88. The van der Waals surface area contributed by atoms with E-state index < -0.39 is 4.75 Å². The van der Waals surface area contributed by atoms with Crippen molar-refractivity contribution in [1.29, 1.82) is 0 Å². The zero-order valence-corrected chi connectivity index (χ0v) is 13.5. The molecule has 0 aromatic carbocycles. The number of aliphatic hydroxyl groups is 1. The number of ether oxygens (including phenoxy) is 1. The van der Waals surface area contributed by atoms with E-state index >= 15 is 0 Å². The van der Waals surface area contributed by atoms with Gasteiger partial charge in [0, 0.05) is 18.4 Å². The van der Waals surface area contributed by atoms with E-state index in [0.717, 1.165) is 0 Å². The minimum absolute atomic E-state index is 0.113. The smallest absolute Gasteiger partial charge is 0.238 e. The first-order chi connectivity index (χ1) is 9.15. The van der Waals surface area contributed by atoms with Crippen molar-refractivity contribution in [2.45, 2.75) is 38.9 Å². The van der Waals surface area contributed by atoms with Crippen LogP contribution in [-0.4, -0.2) is 53.0 Å². The fraction of sp³-hybridized carbons (Fsp3) is 0.846. The first kappa shape index (κ1) is 19.2. The summed E-state index contributed by atoms with van der Waals surface area (Å²) < 4.78 is 4.47. The summed E-state index contributed by atoms with van der Waals surface area (Å²) in [4.78, 5) is 11.7. The van der Waals surface area contributed by atoms with Crippen molar-refractivity contribution in [3.63, 3.8) is 0 Å². The maximum atomic E-state index is 11.7. The fourth-order valence-corrected chi connectivity index (χ4v) is 1.61. The third kappa shape index (κ3) is 7.12. The number of oxime groups is 1. The number of rotatable bonds is 8. The number of hydrogen-bond donors (Lipinski definition) is 4. The number of thiol groups is 1. The Kier molecular flexibility index (Phi) is 8.15. The number of aliphatic hydroxyl groups excluding tert-OH is 1. The van der Waals surface area contributed by atoms with Crippen molar-refractivity contribution in [3.8, 4) is 0 Å². The minimum atomic E-state index is -0.965. The fourth-order valence-electron chi connectivity index (χ4n) is 1.44. The molecule has 0 aliphatic carbocycles. The molecule has 1 unspecified atom stereocenters. The van der Waals surface area contributed by atoms with Gasteiger partial charge >= 0.3 is 0 Å². The van der Waals surface area contributed by atoms with Gasteiger partial charge in [0.1, 0.15) is 4.75 Å². The van der Waals surface area contributed by atoms with Crippen LogP contribution >= 0.6 is 12.6 Å². The minimum Gasteiger partial charge on any atom is -0.411 e. The largest absolute Gasteiger partial charge is 0.411 e. The van der Waals surface area contributed by atoms with Crippen molar-refractivity contribution < 1.29 is 19.8 Å². The SMILES string of the molecule is CC(S)(COCC/C(=N\O)C(C)(C)C)C(=O)NCCO. The average molecular weight is 306 g/mol.